The van der Waals surface area contributed by atoms with Crippen LogP contribution in [0.25, 0.3) is 0 Å². The molecule has 1 rings (SSSR count). The highest BCUT2D eigenvalue weighted by molar-refractivity contribution is 7.98. The van der Waals surface area contributed by atoms with Gasteiger partial charge < -0.3 is 17.2 Å². The summed E-state index contributed by atoms with van der Waals surface area (Å²) in [4.78, 5) is 11.9. The molecule has 21 heavy (non-hydrogen) atoms. The van der Waals surface area contributed by atoms with Crippen molar-refractivity contribution in [2.75, 3.05) is 12.3 Å². The van der Waals surface area contributed by atoms with Gasteiger partial charge in [0.1, 0.15) is 0 Å². The zero-order chi connectivity index (χ0) is 15.9. The third-order valence-electron chi connectivity index (χ3n) is 1.78. The Bertz CT molecular complexity index is 619. The lowest BCUT2D eigenvalue weighted by Gasteiger charge is -2.01. The third-order valence-corrected chi connectivity index (χ3v) is 4.03. The molecule has 118 valence electrons. The summed E-state index contributed by atoms with van der Waals surface area (Å²) >= 11 is 2.90. The second-order valence-electron chi connectivity index (χ2n) is 3.62. The maximum Gasteiger partial charge on any atom is 0.298 e. The summed E-state index contributed by atoms with van der Waals surface area (Å²) in [7, 11) is -3.87. The van der Waals surface area contributed by atoms with Gasteiger partial charge in [-0.2, -0.15) is 25.2 Å². The standard InChI is InChI=1S/C8H16N8O2S3/c9-6(10)15-8-14-5(4-20-8)3-19-2-1-13-7(11)16-21(12,17)18/h4H,1-3H2,(H3,11,13,16)(H2,12,17,18)(H4,9,10,14,15). The van der Waals surface area contributed by atoms with E-state index < -0.39 is 10.2 Å². The van der Waals surface area contributed by atoms with E-state index in [1.54, 1.807) is 11.8 Å². The molecule has 0 aliphatic heterocycles. The fourth-order valence-electron chi connectivity index (χ4n) is 1.11. The average molecular weight is 352 g/mol. The monoisotopic (exact) mass is 352 g/mol. The molecule has 0 radical (unpaired) electrons. The summed E-state index contributed by atoms with van der Waals surface area (Å²) in [6.45, 7) is 0.351. The topological polar surface area (TPSA) is 188 Å². The lowest BCUT2D eigenvalue weighted by molar-refractivity contribution is 0.594. The van der Waals surface area contributed by atoms with E-state index in [0.29, 0.717) is 23.2 Å². The minimum Gasteiger partial charge on any atom is -0.370 e. The number of hydrogen-bond acceptors (Lipinski definition) is 7. The van der Waals surface area contributed by atoms with Crippen LogP contribution in [0.3, 0.4) is 0 Å². The number of nitrogens with two attached hydrogens (primary N) is 4. The highest BCUT2D eigenvalue weighted by Gasteiger charge is 2.03. The normalized spacial score (nSPS) is 12.1. The quantitative estimate of drug-likeness (QED) is 0.221. The van der Waals surface area contributed by atoms with Crippen LogP contribution in [0.15, 0.2) is 15.4 Å². The van der Waals surface area contributed by atoms with Crippen LogP contribution < -0.4 is 27.1 Å². The predicted octanol–water partition coefficient (Wildman–Crippen LogP) is -1.61. The molecule has 1 aromatic rings. The summed E-state index contributed by atoms with van der Waals surface area (Å²) in [5.41, 5.74) is 16.7. The maximum absolute atomic E-state index is 10.7. The van der Waals surface area contributed by atoms with Gasteiger partial charge in [0.25, 0.3) is 10.2 Å². The first-order valence-electron chi connectivity index (χ1n) is 5.48. The molecule has 13 heteroatoms. The Balaban J connectivity index is 2.30. The van der Waals surface area contributed by atoms with E-state index in [2.05, 4.69) is 15.0 Å². The fourth-order valence-corrected chi connectivity index (χ4v) is 3.00. The number of rotatable bonds is 7. The molecule has 0 atom stereocenters. The van der Waals surface area contributed by atoms with E-state index in [4.69, 9.17) is 22.3 Å². The van der Waals surface area contributed by atoms with E-state index in [-0.39, 0.29) is 11.9 Å². The van der Waals surface area contributed by atoms with Crippen molar-refractivity contribution in [3.8, 4) is 0 Å². The van der Waals surface area contributed by atoms with Gasteiger partial charge in [-0.3, -0.25) is 4.99 Å². The largest absolute Gasteiger partial charge is 0.370 e. The second-order valence-corrected chi connectivity index (χ2v) is 6.86. The fraction of sp³-hybridized carbons (Fsp3) is 0.375. The van der Waals surface area contributed by atoms with E-state index in [0.717, 1.165) is 5.69 Å². The van der Waals surface area contributed by atoms with Gasteiger partial charge in [-0.05, 0) is 0 Å². The molecule has 0 aromatic carbocycles. The van der Waals surface area contributed by atoms with E-state index in [9.17, 15) is 8.42 Å². The minimum atomic E-state index is -3.87. The Kier molecular flexibility index (Phi) is 6.67. The first-order chi connectivity index (χ1) is 9.76. The van der Waals surface area contributed by atoms with Crippen molar-refractivity contribution < 1.29 is 8.42 Å². The predicted molar refractivity (Wildman–Crippen MR) is 86.5 cm³/mol. The van der Waals surface area contributed by atoms with Crippen LogP contribution in [0.5, 0.6) is 0 Å². The number of thiazole rings is 1. The molecule has 0 saturated carbocycles. The van der Waals surface area contributed by atoms with E-state index in [1.165, 1.54) is 11.3 Å². The molecular weight excluding hydrogens is 336 g/mol. The first-order valence-corrected chi connectivity index (χ1v) is 9.06. The molecule has 10 nitrogen and oxygen atoms in total. The molecule has 0 fully saturated rings. The van der Waals surface area contributed by atoms with Gasteiger partial charge in [-0.25, -0.2) is 14.8 Å². The van der Waals surface area contributed by atoms with E-state index in [1.807, 2.05) is 10.1 Å². The van der Waals surface area contributed by atoms with Crippen LogP contribution in [-0.2, 0) is 16.0 Å². The zero-order valence-corrected chi connectivity index (χ0v) is 13.3. The van der Waals surface area contributed by atoms with Crippen molar-refractivity contribution >= 4 is 50.4 Å². The zero-order valence-electron chi connectivity index (χ0n) is 10.9. The number of hydrogen-bond donors (Lipinski definition) is 5. The summed E-state index contributed by atoms with van der Waals surface area (Å²) in [5, 5.41) is 7.10. The Morgan fingerprint density at radius 1 is 1.43 bits per heavy atom. The second kappa shape index (κ2) is 8.02. The number of guanidine groups is 2. The molecule has 0 unspecified atom stereocenters. The van der Waals surface area contributed by atoms with Crippen molar-refractivity contribution in [2.45, 2.75) is 5.75 Å². The molecular formula is C8H16N8O2S3. The Morgan fingerprint density at radius 2 is 2.14 bits per heavy atom. The van der Waals surface area contributed by atoms with Gasteiger partial charge in [0.2, 0.25) is 11.1 Å². The Hall–Kier alpha value is -1.57. The Labute approximate surface area is 130 Å². The molecule has 0 amide bonds. The summed E-state index contributed by atoms with van der Waals surface area (Å²) < 4.78 is 23.2. The molecule has 0 spiro atoms. The van der Waals surface area contributed by atoms with Crippen molar-refractivity contribution in [1.82, 2.24) is 9.71 Å². The summed E-state index contributed by atoms with van der Waals surface area (Å²) in [6, 6.07) is 0. The highest BCUT2D eigenvalue weighted by Crippen LogP contribution is 2.21. The lowest BCUT2D eigenvalue weighted by atomic mass is 10.6. The molecule has 0 aliphatic carbocycles. The smallest absolute Gasteiger partial charge is 0.298 e. The van der Waals surface area contributed by atoms with E-state index >= 15 is 0 Å². The van der Waals surface area contributed by atoms with Crippen molar-refractivity contribution in [2.24, 2.45) is 32.3 Å². The number of nitrogens with one attached hydrogen (secondary N) is 1. The van der Waals surface area contributed by atoms with Gasteiger partial charge in [0.05, 0.1) is 12.2 Å². The van der Waals surface area contributed by atoms with Crippen molar-refractivity contribution in [3.63, 3.8) is 0 Å². The van der Waals surface area contributed by atoms with Crippen molar-refractivity contribution in [3.05, 3.63) is 11.1 Å². The molecule has 0 bridgehead atoms. The molecule has 0 saturated heterocycles. The maximum atomic E-state index is 10.7. The number of thioether (sulfide) groups is 1. The lowest BCUT2D eigenvalue weighted by Crippen LogP contribution is -2.41. The third kappa shape index (κ3) is 8.34. The summed E-state index contributed by atoms with van der Waals surface area (Å²) in [6.07, 6.45) is 0. The first kappa shape index (κ1) is 17.5. The number of aliphatic imine (C=N–C) groups is 2. The SMILES string of the molecule is NC(N)=Nc1nc(CSCCN=C(N)NS(N)(=O)=O)cs1. The highest BCUT2D eigenvalue weighted by atomic mass is 32.2. The molecule has 1 heterocycles. The van der Waals surface area contributed by atoms with Crippen LogP contribution in [0.2, 0.25) is 0 Å². The minimum absolute atomic E-state index is 0.0317. The van der Waals surface area contributed by atoms with Crippen LogP contribution in [0.4, 0.5) is 5.13 Å². The van der Waals surface area contributed by atoms with Crippen LogP contribution >= 0.6 is 23.1 Å². The summed E-state index contributed by atoms with van der Waals surface area (Å²) in [5.74, 6) is 1.04. The van der Waals surface area contributed by atoms with Crippen LogP contribution in [-0.4, -0.2) is 37.6 Å². The number of aromatic nitrogens is 1. The molecule has 9 N–H and O–H groups in total. The molecule has 0 aliphatic rings. The molecule has 1 aromatic heterocycles. The van der Waals surface area contributed by atoms with Gasteiger partial charge in [-0.1, -0.05) is 0 Å². The van der Waals surface area contributed by atoms with Gasteiger partial charge in [-0.15, -0.1) is 11.3 Å². The van der Waals surface area contributed by atoms with Gasteiger partial charge in [0.15, 0.2) is 5.96 Å². The van der Waals surface area contributed by atoms with Crippen LogP contribution in [0, 0.1) is 0 Å². The van der Waals surface area contributed by atoms with Crippen molar-refractivity contribution in [1.29, 1.82) is 0 Å². The average Bonchev–Trinajstić information content (AvgIpc) is 2.73. The van der Waals surface area contributed by atoms with Crippen LogP contribution in [0.1, 0.15) is 5.69 Å². The number of nitrogens with zero attached hydrogens (tertiary/aromatic N) is 3. The van der Waals surface area contributed by atoms with Gasteiger partial charge >= 0.3 is 0 Å². The van der Waals surface area contributed by atoms with Gasteiger partial charge in [0, 0.05) is 16.9 Å². The Morgan fingerprint density at radius 3 is 2.76 bits per heavy atom.